The first-order chi connectivity index (χ1) is 9.97. The third-order valence-corrected chi connectivity index (χ3v) is 3.67. The van der Waals surface area contributed by atoms with Crippen molar-refractivity contribution in [2.75, 3.05) is 0 Å². The van der Waals surface area contributed by atoms with Gasteiger partial charge in [0, 0.05) is 32.7 Å². The Hall–Kier alpha value is -1.73. The number of nitro groups is 1. The van der Waals surface area contributed by atoms with Crippen LogP contribution in [-0.2, 0) is 6.54 Å². The molecule has 0 bridgehead atoms. The lowest BCUT2D eigenvalue weighted by atomic mass is 10.1. The van der Waals surface area contributed by atoms with Crippen LogP contribution >= 0.6 is 31.9 Å². The number of amides is 1. The molecule has 0 fully saturated rings. The number of carbonyl (C=O) groups excluding carboxylic acids is 1. The second-order valence-corrected chi connectivity index (χ2v) is 6.06. The first-order valence-corrected chi connectivity index (χ1v) is 7.52. The van der Waals surface area contributed by atoms with Gasteiger partial charge in [0.15, 0.2) is 0 Å². The van der Waals surface area contributed by atoms with E-state index < -0.39 is 4.92 Å². The van der Waals surface area contributed by atoms with Gasteiger partial charge in [-0.3, -0.25) is 14.9 Å². The SMILES string of the molecule is O=C(NCc1ccccc1[N+](=O)[O-])c1cc(Br)cc(Br)c1. The summed E-state index contributed by atoms with van der Waals surface area (Å²) in [6.07, 6.45) is 0. The quantitative estimate of drug-likeness (QED) is 0.607. The molecule has 7 heteroatoms. The first kappa shape index (κ1) is 15.7. The summed E-state index contributed by atoms with van der Waals surface area (Å²) in [6, 6.07) is 11.5. The van der Waals surface area contributed by atoms with Crippen molar-refractivity contribution in [1.82, 2.24) is 5.32 Å². The Morgan fingerprint density at radius 1 is 1.14 bits per heavy atom. The fraction of sp³-hybridized carbons (Fsp3) is 0.0714. The fourth-order valence-corrected chi connectivity index (χ4v) is 3.09. The van der Waals surface area contributed by atoms with Gasteiger partial charge in [-0.1, -0.05) is 50.1 Å². The molecule has 0 radical (unpaired) electrons. The Balaban J connectivity index is 2.13. The molecular weight excluding hydrogens is 404 g/mol. The summed E-state index contributed by atoms with van der Waals surface area (Å²) < 4.78 is 1.54. The van der Waals surface area contributed by atoms with E-state index in [9.17, 15) is 14.9 Å². The summed E-state index contributed by atoms with van der Waals surface area (Å²) in [5.74, 6) is -0.296. The molecule has 0 spiro atoms. The molecule has 0 unspecified atom stereocenters. The number of rotatable bonds is 4. The molecule has 2 rings (SSSR count). The molecule has 2 aromatic carbocycles. The van der Waals surface area contributed by atoms with Crippen LogP contribution in [0.1, 0.15) is 15.9 Å². The molecule has 0 heterocycles. The van der Waals surface area contributed by atoms with Crippen LogP contribution in [-0.4, -0.2) is 10.8 Å². The highest BCUT2D eigenvalue weighted by molar-refractivity contribution is 9.11. The predicted molar refractivity (Wildman–Crippen MR) is 86.1 cm³/mol. The highest BCUT2D eigenvalue weighted by Crippen LogP contribution is 2.21. The zero-order valence-electron chi connectivity index (χ0n) is 10.7. The van der Waals surface area contributed by atoms with Gasteiger partial charge < -0.3 is 5.32 Å². The van der Waals surface area contributed by atoms with Crippen LogP contribution in [0.3, 0.4) is 0 Å². The van der Waals surface area contributed by atoms with Crippen molar-refractivity contribution >= 4 is 43.5 Å². The lowest BCUT2D eigenvalue weighted by Crippen LogP contribution is -2.23. The van der Waals surface area contributed by atoms with E-state index in [1.165, 1.54) is 6.07 Å². The number of hydrogen-bond acceptors (Lipinski definition) is 3. The minimum Gasteiger partial charge on any atom is -0.348 e. The number of nitrogens with one attached hydrogen (secondary N) is 1. The van der Waals surface area contributed by atoms with Crippen molar-refractivity contribution in [1.29, 1.82) is 0 Å². The van der Waals surface area contributed by atoms with Gasteiger partial charge in [-0.15, -0.1) is 0 Å². The highest BCUT2D eigenvalue weighted by Gasteiger charge is 2.14. The van der Waals surface area contributed by atoms with Crippen LogP contribution in [0.25, 0.3) is 0 Å². The largest absolute Gasteiger partial charge is 0.348 e. The minimum absolute atomic E-state index is 0.00628. The van der Waals surface area contributed by atoms with Crippen molar-refractivity contribution in [2.45, 2.75) is 6.54 Å². The van der Waals surface area contributed by atoms with Gasteiger partial charge in [-0.05, 0) is 18.2 Å². The topological polar surface area (TPSA) is 72.2 Å². The molecule has 0 aliphatic heterocycles. The number of benzene rings is 2. The van der Waals surface area contributed by atoms with Gasteiger partial charge in [0.1, 0.15) is 0 Å². The van der Waals surface area contributed by atoms with E-state index in [0.29, 0.717) is 11.1 Å². The molecule has 0 aliphatic rings. The van der Waals surface area contributed by atoms with Gasteiger partial charge >= 0.3 is 0 Å². The molecule has 2 aromatic rings. The molecule has 5 nitrogen and oxygen atoms in total. The Kier molecular flexibility index (Phi) is 5.08. The van der Waals surface area contributed by atoms with Gasteiger partial charge in [-0.25, -0.2) is 0 Å². The molecule has 108 valence electrons. The van der Waals surface area contributed by atoms with E-state index in [1.54, 1.807) is 30.3 Å². The maximum Gasteiger partial charge on any atom is 0.274 e. The van der Waals surface area contributed by atoms with Gasteiger partial charge in [-0.2, -0.15) is 0 Å². The predicted octanol–water partition coefficient (Wildman–Crippen LogP) is 4.05. The summed E-state index contributed by atoms with van der Waals surface area (Å²) in [4.78, 5) is 22.5. The van der Waals surface area contributed by atoms with Crippen LogP contribution in [0.4, 0.5) is 5.69 Å². The molecule has 21 heavy (non-hydrogen) atoms. The standard InChI is InChI=1S/C14H10Br2N2O3/c15-11-5-10(6-12(16)7-11)14(19)17-8-9-3-1-2-4-13(9)18(20)21/h1-7H,8H2,(H,17,19). The van der Waals surface area contributed by atoms with Crippen molar-refractivity contribution in [3.8, 4) is 0 Å². The van der Waals surface area contributed by atoms with Crippen molar-refractivity contribution < 1.29 is 9.72 Å². The normalized spacial score (nSPS) is 10.2. The maximum atomic E-state index is 12.1. The van der Waals surface area contributed by atoms with Crippen molar-refractivity contribution in [3.05, 3.63) is 72.7 Å². The molecule has 1 N–H and O–H groups in total. The number of halogens is 2. The molecule has 0 saturated carbocycles. The van der Waals surface area contributed by atoms with Gasteiger partial charge in [0.2, 0.25) is 0 Å². The van der Waals surface area contributed by atoms with Crippen LogP contribution in [0.15, 0.2) is 51.4 Å². The van der Waals surface area contributed by atoms with E-state index in [1.807, 2.05) is 6.07 Å². The van der Waals surface area contributed by atoms with Gasteiger partial charge in [0.05, 0.1) is 4.92 Å². The van der Waals surface area contributed by atoms with E-state index in [2.05, 4.69) is 37.2 Å². The van der Waals surface area contributed by atoms with Gasteiger partial charge in [0.25, 0.3) is 11.6 Å². The second-order valence-electron chi connectivity index (χ2n) is 4.23. The summed E-state index contributed by atoms with van der Waals surface area (Å²) in [6.45, 7) is 0.0973. The van der Waals surface area contributed by atoms with Crippen LogP contribution in [0, 0.1) is 10.1 Å². The third-order valence-electron chi connectivity index (χ3n) is 2.75. The summed E-state index contributed by atoms with van der Waals surface area (Å²) in [7, 11) is 0. The lowest BCUT2D eigenvalue weighted by molar-refractivity contribution is -0.385. The second kappa shape index (κ2) is 6.82. The van der Waals surface area contributed by atoms with Crippen LogP contribution < -0.4 is 5.32 Å². The Morgan fingerprint density at radius 3 is 2.38 bits per heavy atom. The average molecular weight is 414 g/mol. The molecule has 0 atom stereocenters. The Labute approximate surface area is 137 Å². The van der Waals surface area contributed by atoms with E-state index in [0.717, 1.165) is 8.95 Å². The molecular formula is C14H10Br2N2O3. The zero-order valence-corrected chi connectivity index (χ0v) is 13.8. The fourth-order valence-electron chi connectivity index (χ4n) is 1.80. The summed E-state index contributed by atoms with van der Waals surface area (Å²) >= 11 is 6.62. The van der Waals surface area contributed by atoms with E-state index >= 15 is 0 Å². The minimum atomic E-state index is -0.461. The highest BCUT2D eigenvalue weighted by atomic mass is 79.9. The van der Waals surface area contributed by atoms with Crippen molar-refractivity contribution in [3.63, 3.8) is 0 Å². The Bertz CT molecular complexity index is 684. The number of para-hydroxylation sites is 1. The van der Waals surface area contributed by atoms with Crippen molar-refractivity contribution in [2.24, 2.45) is 0 Å². The number of hydrogen-bond donors (Lipinski definition) is 1. The molecule has 0 aromatic heterocycles. The van der Waals surface area contributed by atoms with E-state index in [-0.39, 0.29) is 18.1 Å². The number of nitro benzene ring substituents is 1. The maximum absolute atomic E-state index is 12.1. The third kappa shape index (κ3) is 4.12. The number of nitrogens with zero attached hydrogens (tertiary/aromatic N) is 1. The van der Waals surface area contributed by atoms with E-state index in [4.69, 9.17) is 0 Å². The smallest absolute Gasteiger partial charge is 0.274 e. The first-order valence-electron chi connectivity index (χ1n) is 5.94. The van der Waals surface area contributed by atoms with Crippen LogP contribution in [0.2, 0.25) is 0 Å². The summed E-state index contributed by atoms with van der Waals surface area (Å²) in [5, 5.41) is 13.6. The zero-order chi connectivity index (χ0) is 15.4. The van der Waals surface area contributed by atoms with Crippen LogP contribution in [0.5, 0.6) is 0 Å². The molecule has 0 aliphatic carbocycles. The summed E-state index contributed by atoms with van der Waals surface area (Å²) in [5.41, 5.74) is 0.924. The molecule has 1 amide bonds. The molecule has 0 saturated heterocycles. The monoisotopic (exact) mass is 412 g/mol. The average Bonchev–Trinajstić information content (AvgIpc) is 2.43. The lowest BCUT2D eigenvalue weighted by Gasteiger charge is -2.07. The number of carbonyl (C=O) groups is 1. The Morgan fingerprint density at radius 2 is 1.76 bits per heavy atom.